The summed E-state index contributed by atoms with van der Waals surface area (Å²) in [4.78, 5) is 48.0. The fraction of sp³-hybridized carbons (Fsp3) is 0.406. The molecule has 1 unspecified atom stereocenters. The molecule has 2 aromatic carbocycles. The molecule has 1 spiro atoms. The molecule has 0 aliphatic carbocycles. The van der Waals surface area contributed by atoms with E-state index in [0.29, 0.717) is 30.2 Å². The molecule has 4 aliphatic rings. The molecule has 2 aromatic rings. The number of rotatable bonds is 6. The Morgan fingerprint density at radius 1 is 1.02 bits per heavy atom. The number of carbonyl (C=O) groups is 3. The van der Waals surface area contributed by atoms with E-state index >= 15 is 0 Å². The number of halogens is 1. The number of hydrogen-bond donors (Lipinski definition) is 1. The lowest BCUT2D eigenvalue weighted by molar-refractivity contribution is -0.147. The highest BCUT2D eigenvalue weighted by molar-refractivity contribution is 6.34. The van der Waals surface area contributed by atoms with Gasteiger partial charge in [-0.2, -0.15) is 0 Å². The third kappa shape index (κ3) is 4.31. The molecular formula is C32H34ClN3O5. The molecule has 2 fully saturated rings. The zero-order valence-corrected chi connectivity index (χ0v) is 23.9. The highest BCUT2D eigenvalue weighted by atomic mass is 35.5. The van der Waals surface area contributed by atoms with Crippen molar-refractivity contribution in [2.75, 3.05) is 24.6 Å². The van der Waals surface area contributed by atoms with Crippen molar-refractivity contribution in [3.8, 4) is 0 Å². The summed E-state index contributed by atoms with van der Waals surface area (Å²) in [5.41, 5.74) is 1.02. The van der Waals surface area contributed by atoms with E-state index in [1.54, 1.807) is 15.9 Å². The van der Waals surface area contributed by atoms with Gasteiger partial charge in [-0.1, -0.05) is 85.3 Å². The van der Waals surface area contributed by atoms with Gasteiger partial charge in [-0.05, 0) is 30.5 Å². The molecule has 1 N–H and O–H groups in total. The van der Waals surface area contributed by atoms with Gasteiger partial charge in [-0.15, -0.1) is 0 Å². The first-order valence-corrected chi connectivity index (χ1v) is 14.5. The Kier molecular flexibility index (Phi) is 7.26. The van der Waals surface area contributed by atoms with Gasteiger partial charge in [0.25, 0.3) is 5.91 Å². The van der Waals surface area contributed by atoms with Crippen LogP contribution in [0, 0.1) is 18.8 Å². The standard InChI is InChI=1S/C32H34ClN3O5/c1-3-22(19-37)36-28-31(40)35(27-20(2)10-7-13-23(27)33)17-9-15-32(28)26(30(36)39)25-24(41-32)14-8-16-34(29(25)38)18-21-11-5-4-6-12-21/h4-15,22,24-26,28,37H,3,16-19H2,1-2H3/t22-,24+,25-,26-,28?,32-/m0/s1. The van der Waals surface area contributed by atoms with E-state index in [1.165, 1.54) is 4.90 Å². The van der Waals surface area contributed by atoms with E-state index < -0.39 is 35.6 Å². The highest BCUT2D eigenvalue weighted by Gasteiger charge is 2.72. The molecule has 6 rings (SSSR count). The summed E-state index contributed by atoms with van der Waals surface area (Å²) in [6, 6.07) is 13.5. The zero-order valence-electron chi connectivity index (χ0n) is 23.2. The SMILES string of the molecule is CC[C@@H](CO)N1C(=O)[C@@H]2[C@H]3C(=O)N(Cc4ccccc4)CC=C[C@H]3O[C@@]23C=CCN(c2c(C)cccc2Cl)C(=O)C13. The van der Waals surface area contributed by atoms with Gasteiger partial charge in [-0.25, -0.2) is 0 Å². The summed E-state index contributed by atoms with van der Waals surface area (Å²) in [6.45, 7) is 4.47. The van der Waals surface area contributed by atoms with Crippen LogP contribution in [0.2, 0.25) is 5.02 Å². The number of amides is 3. The summed E-state index contributed by atoms with van der Waals surface area (Å²) in [6.07, 6.45) is 7.19. The molecule has 9 heteroatoms. The lowest BCUT2D eigenvalue weighted by Gasteiger charge is -2.38. The summed E-state index contributed by atoms with van der Waals surface area (Å²) in [7, 11) is 0. The maximum Gasteiger partial charge on any atom is 0.253 e. The van der Waals surface area contributed by atoms with Crippen molar-refractivity contribution in [3.05, 3.63) is 89.0 Å². The molecule has 6 atom stereocenters. The fourth-order valence-corrected chi connectivity index (χ4v) is 7.37. The van der Waals surface area contributed by atoms with Gasteiger partial charge in [0.2, 0.25) is 11.8 Å². The van der Waals surface area contributed by atoms with Crippen molar-refractivity contribution in [1.29, 1.82) is 0 Å². The van der Waals surface area contributed by atoms with E-state index in [4.69, 9.17) is 16.3 Å². The van der Waals surface area contributed by atoms with Crippen LogP contribution in [0.15, 0.2) is 72.8 Å². The molecule has 0 saturated carbocycles. The fourth-order valence-electron chi connectivity index (χ4n) is 7.05. The van der Waals surface area contributed by atoms with E-state index in [9.17, 15) is 19.5 Å². The number of carbonyl (C=O) groups excluding carboxylic acids is 3. The first-order valence-electron chi connectivity index (χ1n) is 14.2. The zero-order chi connectivity index (χ0) is 28.9. The normalized spacial score (nSPS) is 29.8. The van der Waals surface area contributed by atoms with Gasteiger partial charge in [0.15, 0.2) is 0 Å². The minimum atomic E-state index is -1.37. The van der Waals surface area contributed by atoms with Crippen molar-refractivity contribution in [2.45, 2.75) is 50.6 Å². The smallest absolute Gasteiger partial charge is 0.253 e. The second-order valence-electron chi connectivity index (χ2n) is 11.2. The topological polar surface area (TPSA) is 90.4 Å². The number of aliphatic hydroxyl groups is 1. The van der Waals surface area contributed by atoms with Gasteiger partial charge in [-0.3, -0.25) is 14.4 Å². The first-order chi connectivity index (χ1) is 19.8. The predicted octanol–water partition coefficient (Wildman–Crippen LogP) is 3.50. The van der Waals surface area contributed by atoms with Crippen LogP contribution >= 0.6 is 11.6 Å². The maximum absolute atomic E-state index is 14.6. The predicted molar refractivity (Wildman–Crippen MR) is 155 cm³/mol. The van der Waals surface area contributed by atoms with Crippen LogP contribution in [0.5, 0.6) is 0 Å². The van der Waals surface area contributed by atoms with Gasteiger partial charge in [0.05, 0.1) is 41.3 Å². The van der Waals surface area contributed by atoms with Gasteiger partial charge < -0.3 is 24.5 Å². The highest BCUT2D eigenvalue weighted by Crippen LogP contribution is 2.54. The van der Waals surface area contributed by atoms with Gasteiger partial charge in [0, 0.05) is 19.6 Å². The van der Waals surface area contributed by atoms with Gasteiger partial charge in [0.1, 0.15) is 11.6 Å². The van der Waals surface area contributed by atoms with Crippen LogP contribution in [-0.4, -0.2) is 76.1 Å². The molecule has 2 saturated heterocycles. The lowest BCUT2D eigenvalue weighted by Crippen LogP contribution is -2.58. The average molecular weight is 576 g/mol. The number of nitrogens with zero attached hydrogens (tertiary/aromatic N) is 3. The quantitative estimate of drug-likeness (QED) is 0.533. The van der Waals surface area contributed by atoms with Crippen LogP contribution in [0.25, 0.3) is 0 Å². The minimum absolute atomic E-state index is 0.180. The van der Waals surface area contributed by atoms with Gasteiger partial charge >= 0.3 is 0 Å². The molecule has 214 valence electrons. The molecule has 4 aliphatic heterocycles. The van der Waals surface area contributed by atoms with E-state index in [0.717, 1.165) is 11.1 Å². The maximum atomic E-state index is 14.6. The number of ether oxygens (including phenoxy) is 1. The number of likely N-dealkylation sites (tertiary alicyclic amines) is 1. The Morgan fingerprint density at radius 3 is 2.51 bits per heavy atom. The number of aryl methyl sites for hydroxylation is 1. The second-order valence-corrected chi connectivity index (χ2v) is 11.6. The van der Waals surface area contributed by atoms with E-state index in [2.05, 4.69) is 0 Å². The number of hydrogen-bond acceptors (Lipinski definition) is 5. The summed E-state index contributed by atoms with van der Waals surface area (Å²) in [5.74, 6) is -2.59. The second kappa shape index (κ2) is 10.7. The number of anilines is 1. The molecule has 0 radical (unpaired) electrons. The molecular weight excluding hydrogens is 542 g/mol. The van der Waals surface area contributed by atoms with Crippen LogP contribution in [0.4, 0.5) is 5.69 Å². The molecule has 8 nitrogen and oxygen atoms in total. The number of aliphatic hydroxyl groups excluding tert-OH is 1. The van der Waals surface area contributed by atoms with Crippen molar-refractivity contribution >= 4 is 35.0 Å². The molecule has 41 heavy (non-hydrogen) atoms. The summed E-state index contributed by atoms with van der Waals surface area (Å²) >= 11 is 6.61. The Hall–Kier alpha value is -3.46. The van der Waals surface area contributed by atoms with Crippen LogP contribution in [0.3, 0.4) is 0 Å². The molecule has 0 bridgehead atoms. The van der Waals surface area contributed by atoms with Crippen molar-refractivity contribution in [1.82, 2.24) is 9.80 Å². The minimum Gasteiger partial charge on any atom is -0.394 e. The number of para-hydroxylation sites is 1. The van der Waals surface area contributed by atoms with Crippen molar-refractivity contribution in [2.24, 2.45) is 11.8 Å². The van der Waals surface area contributed by atoms with Crippen molar-refractivity contribution < 1.29 is 24.2 Å². The largest absolute Gasteiger partial charge is 0.394 e. The molecule has 4 heterocycles. The molecule has 3 amide bonds. The number of benzene rings is 2. The number of fused-ring (bicyclic) bond motifs is 2. The average Bonchev–Trinajstić information content (AvgIpc) is 3.29. The van der Waals surface area contributed by atoms with Crippen LogP contribution in [-0.2, 0) is 25.7 Å². The Bertz CT molecular complexity index is 1400. The third-order valence-corrected chi connectivity index (χ3v) is 9.24. The third-order valence-electron chi connectivity index (χ3n) is 8.93. The summed E-state index contributed by atoms with van der Waals surface area (Å²) in [5, 5.41) is 10.8. The van der Waals surface area contributed by atoms with Crippen molar-refractivity contribution in [3.63, 3.8) is 0 Å². The Balaban J connectivity index is 1.44. The Labute approximate surface area is 244 Å². The van der Waals surface area contributed by atoms with Crippen LogP contribution < -0.4 is 4.90 Å². The van der Waals surface area contributed by atoms with E-state index in [-0.39, 0.29) is 30.9 Å². The molecule has 0 aromatic heterocycles. The lowest BCUT2D eigenvalue weighted by atomic mass is 9.77. The van der Waals surface area contributed by atoms with Crippen LogP contribution in [0.1, 0.15) is 24.5 Å². The first kappa shape index (κ1) is 27.7. The monoisotopic (exact) mass is 575 g/mol. The summed E-state index contributed by atoms with van der Waals surface area (Å²) < 4.78 is 6.72. The van der Waals surface area contributed by atoms with E-state index in [1.807, 2.05) is 80.6 Å². The Morgan fingerprint density at radius 2 is 1.80 bits per heavy atom.